The summed E-state index contributed by atoms with van der Waals surface area (Å²) < 4.78 is 26.1. The van der Waals surface area contributed by atoms with Crippen LogP contribution in [0.15, 0.2) is 68.3 Å². The monoisotopic (exact) mass is 440 g/mol. The lowest BCUT2D eigenvalue weighted by Gasteiger charge is -2.16. The first kappa shape index (κ1) is 21.2. The zero-order valence-corrected chi connectivity index (χ0v) is 19.2. The van der Waals surface area contributed by atoms with Crippen LogP contribution in [0.4, 0.5) is 11.4 Å². The van der Waals surface area contributed by atoms with E-state index in [1.807, 2.05) is 28.2 Å². The van der Waals surface area contributed by atoms with Crippen LogP contribution in [-0.2, 0) is 9.84 Å². The van der Waals surface area contributed by atoms with Crippen LogP contribution in [0.1, 0.15) is 0 Å². The lowest BCUT2D eigenvalue weighted by atomic mass is 10.3. The second kappa shape index (κ2) is 8.22. The SMILES string of the molecule is CN1CCN(C)C1=Nc1ccc(S(=O)(=O)c2ccc(N=C3N(C)CCN3C)cc2)cc1. The number of hydrogen-bond acceptors (Lipinski definition) is 4. The van der Waals surface area contributed by atoms with E-state index < -0.39 is 9.84 Å². The largest absolute Gasteiger partial charge is 0.344 e. The van der Waals surface area contributed by atoms with Gasteiger partial charge in [0.1, 0.15) is 0 Å². The Balaban J connectivity index is 1.54. The highest BCUT2D eigenvalue weighted by molar-refractivity contribution is 7.91. The molecule has 2 aromatic rings. The Kier molecular flexibility index (Phi) is 5.62. The van der Waals surface area contributed by atoms with Crippen molar-refractivity contribution in [1.82, 2.24) is 19.6 Å². The van der Waals surface area contributed by atoms with Crippen LogP contribution in [0, 0.1) is 0 Å². The molecule has 2 saturated heterocycles. The van der Waals surface area contributed by atoms with Gasteiger partial charge in [0.25, 0.3) is 0 Å². The summed E-state index contributed by atoms with van der Waals surface area (Å²) >= 11 is 0. The van der Waals surface area contributed by atoms with Crippen molar-refractivity contribution in [3.8, 4) is 0 Å². The van der Waals surface area contributed by atoms with Crippen LogP contribution in [0.3, 0.4) is 0 Å². The Bertz CT molecular complexity index is 1000. The first-order valence-electron chi connectivity index (χ1n) is 10.2. The molecule has 0 bridgehead atoms. The zero-order valence-electron chi connectivity index (χ0n) is 18.4. The molecule has 31 heavy (non-hydrogen) atoms. The molecule has 0 aliphatic carbocycles. The highest BCUT2D eigenvalue weighted by Crippen LogP contribution is 2.26. The molecule has 2 aliphatic heterocycles. The maximum absolute atomic E-state index is 13.0. The summed E-state index contributed by atoms with van der Waals surface area (Å²) in [6, 6.07) is 13.4. The molecule has 0 amide bonds. The number of hydrogen-bond donors (Lipinski definition) is 0. The van der Waals surface area contributed by atoms with Crippen molar-refractivity contribution in [3.63, 3.8) is 0 Å². The zero-order chi connectivity index (χ0) is 22.2. The smallest absolute Gasteiger partial charge is 0.206 e. The maximum atomic E-state index is 13.0. The molecule has 0 radical (unpaired) electrons. The fraction of sp³-hybridized carbons (Fsp3) is 0.364. The number of guanidine groups is 2. The lowest BCUT2D eigenvalue weighted by molar-refractivity contribution is 0.553. The molecule has 0 aromatic heterocycles. The van der Waals surface area contributed by atoms with Gasteiger partial charge in [-0.25, -0.2) is 18.4 Å². The molecule has 0 saturated carbocycles. The second-order valence-corrected chi connectivity index (χ2v) is 9.95. The van der Waals surface area contributed by atoms with E-state index in [1.54, 1.807) is 48.5 Å². The minimum absolute atomic E-state index is 0.249. The molecule has 2 fully saturated rings. The van der Waals surface area contributed by atoms with Crippen LogP contribution >= 0.6 is 0 Å². The summed E-state index contributed by atoms with van der Waals surface area (Å²) in [4.78, 5) is 18.1. The minimum atomic E-state index is -3.61. The van der Waals surface area contributed by atoms with Crippen molar-refractivity contribution in [2.24, 2.45) is 9.98 Å². The third kappa shape index (κ3) is 4.23. The van der Waals surface area contributed by atoms with Gasteiger partial charge in [-0.15, -0.1) is 0 Å². The van der Waals surface area contributed by atoms with E-state index in [1.165, 1.54) is 0 Å². The van der Waals surface area contributed by atoms with Gasteiger partial charge < -0.3 is 19.6 Å². The van der Waals surface area contributed by atoms with E-state index in [0.29, 0.717) is 0 Å². The molecule has 2 aliphatic rings. The Morgan fingerprint density at radius 2 is 0.871 bits per heavy atom. The van der Waals surface area contributed by atoms with E-state index in [2.05, 4.69) is 29.6 Å². The standard InChI is InChI=1S/C22H28N6O2S/c1-25-13-14-26(2)21(25)23-17-5-9-19(10-6-17)31(29,30)20-11-7-18(8-12-20)24-22-27(3)15-16-28(22)4/h5-12H,13-16H2,1-4H3. The summed E-state index contributed by atoms with van der Waals surface area (Å²) in [5.41, 5.74) is 1.45. The summed E-state index contributed by atoms with van der Waals surface area (Å²) in [5, 5.41) is 0. The van der Waals surface area contributed by atoms with Crippen molar-refractivity contribution < 1.29 is 8.42 Å². The maximum Gasteiger partial charge on any atom is 0.206 e. The van der Waals surface area contributed by atoms with E-state index >= 15 is 0 Å². The van der Waals surface area contributed by atoms with E-state index in [0.717, 1.165) is 49.5 Å². The topological polar surface area (TPSA) is 71.8 Å². The third-order valence-corrected chi connectivity index (χ3v) is 7.45. The van der Waals surface area contributed by atoms with Crippen molar-refractivity contribution in [2.75, 3.05) is 54.4 Å². The number of likely N-dealkylation sites (N-methyl/N-ethyl adjacent to an activating group) is 4. The summed E-state index contributed by atoms with van der Waals surface area (Å²) in [6.45, 7) is 3.71. The summed E-state index contributed by atoms with van der Waals surface area (Å²) in [6.07, 6.45) is 0. The molecule has 0 atom stereocenters. The molecule has 2 heterocycles. The molecule has 164 valence electrons. The Hall–Kier alpha value is -3.07. The molecule has 4 rings (SSSR count). The van der Waals surface area contributed by atoms with E-state index in [9.17, 15) is 8.42 Å². The van der Waals surface area contributed by atoms with Crippen LogP contribution in [-0.4, -0.2) is 94.3 Å². The van der Waals surface area contributed by atoms with E-state index in [4.69, 9.17) is 0 Å². The van der Waals surface area contributed by atoms with Gasteiger partial charge >= 0.3 is 0 Å². The number of sulfone groups is 1. The Morgan fingerprint density at radius 3 is 1.16 bits per heavy atom. The van der Waals surface area contributed by atoms with Crippen LogP contribution in [0.2, 0.25) is 0 Å². The predicted molar refractivity (Wildman–Crippen MR) is 123 cm³/mol. The first-order valence-corrected chi connectivity index (χ1v) is 11.7. The second-order valence-electron chi connectivity index (χ2n) is 8.00. The molecular weight excluding hydrogens is 412 g/mol. The quantitative estimate of drug-likeness (QED) is 0.726. The highest BCUT2D eigenvalue weighted by Gasteiger charge is 2.22. The predicted octanol–water partition coefficient (Wildman–Crippen LogP) is 2.25. The molecule has 0 N–H and O–H groups in total. The van der Waals surface area contributed by atoms with Crippen molar-refractivity contribution >= 4 is 33.1 Å². The van der Waals surface area contributed by atoms with Gasteiger partial charge in [0.05, 0.1) is 21.2 Å². The minimum Gasteiger partial charge on any atom is -0.344 e. The molecule has 2 aromatic carbocycles. The van der Waals surface area contributed by atoms with Gasteiger partial charge in [0.2, 0.25) is 21.8 Å². The normalized spacial score (nSPS) is 17.0. The fourth-order valence-electron chi connectivity index (χ4n) is 3.69. The number of benzene rings is 2. The summed E-state index contributed by atoms with van der Waals surface area (Å²) in [7, 11) is 4.38. The summed E-state index contributed by atoms with van der Waals surface area (Å²) in [5.74, 6) is 1.76. The van der Waals surface area contributed by atoms with Crippen LogP contribution in [0.5, 0.6) is 0 Å². The van der Waals surface area contributed by atoms with Crippen molar-refractivity contribution in [3.05, 3.63) is 48.5 Å². The molecule has 0 spiro atoms. The molecule has 0 unspecified atom stereocenters. The van der Waals surface area contributed by atoms with Gasteiger partial charge in [-0.3, -0.25) is 0 Å². The van der Waals surface area contributed by atoms with Crippen molar-refractivity contribution in [2.45, 2.75) is 9.79 Å². The van der Waals surface area contributed by atoms with Crippen LogP contribution < -0.4 is 0 Å². The Labute approximate surface area is 184 Å². The lowest BCUT2D eigenvalue weighted by Crippen LogP contribution is -2.27. The van der Waals surface area contributed by atoms with Crippen molar-refractivity contribution in [1.29, 1.82) is 0 Å². The van der Waals surface area contributed by atoms with Gasteiger partial charge in [0.15, 0.2) is 0 Å². The van der Waals surface area contributed by atoms with Gasteiger partial charge in [0, 0.05) is 54.4 Å². The van der Waals surface area contributed by atoms with Gasteiger partial charge in [-0.1, -0.05) is 0 Å². The number of rotatable bonds is 4. The third-order valence-electron chi connectivity index (χ3n) is 5.66. The Morgan fingerprint density at radius 1 is 0.581 bits per heavy atom. The fourth-order valence-corrected chi connectivity index (χ4v) is 4.95. The van der Waals surface area contributed by atoms with Gasteiger partial charge in [-0.2, -0.15) is 0 Å². The molecular formula is C22H28N6O2S. The number of nitrogens with zero attached hydrogens (tertiary/aromatic N) is 6. The van der Waals surface area contributed by atoms with E-state index in [-0.39, 0.29) is 9.79 Å². The number of aliphatic imine (C=N–C) groups is 2. The molecule has 9 heteroatoms. The van der Waals surface area contributed by atoms with Crippen LogP contribution in [0.25, 0.3) is 0 Å². The average Bonchev–Trinajstić information content (AvgIpc) is 3.25. The average molecular weight is 441 g/mol. The first-order chi connectivity index (χ1) is 14.8. The molecule has 8 nitrogen and oxygen atoms in total. The highest BCUT2D eigenvalue weighted by atomic mass is 32.2. The van der Waals surface area contributed by atoms with Gasteiger partial charge in [-0.05, 0) is 48.5 Å².